The summed E-state index contributed by atoms with van der Waals surface area (Å²) >= 11 is 0. The molecular formula is C26H39NO12. The molecule has 220 valence electrons. The van der Waals surface area contributed by atoms with Gasteiger partial charge in [0.2, 0.25) is 12.0 Å². The Bertz CT molecular complexity index is 1060. The van der Waals surface area contributed by atoms with Crippen LogP contribution in [0.15, 0.2) is 22.8 Å². The minimum atomic E-state index is -2.33. The van der Waals surface area contributed by atoms with Crippen molar-refractivity contribution < 1.29 is 58.8 Å². The van der Waals surface area contributed by atoms with Crippen molar-refractivity contribution in [1.82, 2.24) is 5.32 Å². The molecule has 3 rings (SSSR count). The van der Waals surface area contributed by atoms with Crippen LogP contribution in [0.25, 0.3) is 11.0 Å². The predicted octanol–water partition coefficient (Wildman–Crippen LogP) is -0.933. The van der Waals surface area contributed by atoms with E-state index in [1.807, 2.05) is 0 Å². The maximum absolute atomic E-state index is 12.2. The fourth-order valence-corrected chi connectivity index (χ4v) is 4.54. The van der Waals surface area contributed by atoms with Crippen LogP contribution in [-0.4, -0.2) is 113 Å². The van der Waals surface area contributed by atoms with Gasteiger partial charge in [-0.15, -0.1) is 0 Å². The Kier molecular flexibility index (Phi) is 11.3. The SMILES string of the molecule is CCOC(=O)CCc1cc2ccoc2c(OCCNC)c1O[C@H]1O[C@H](CO)[C@@H](O)[C@H](O)[C@]1(O)CC(CO)CO. The van der Waals surface area contributed by atoms with Crippen LogP contribution in [-0.2, 0) is 20.7 Å². The summed E-state index contributed by atoms with van der Waals surface area (Å²) < 4.78 is 28.6. The van der Waals surface area contributed by atoms with Crippen molar-refractivity contribution in [2.75, 3.05) is 46.6 Å². The second-order valence-electron chi connectivity index (χ2n) is 9.46. The van der Waals surface area contributed by atoms with E-state index >= 15 is 0 Å². The highest BCUT2D eigenvalue weighted by Crippen LogP contribution is 2.44. The van der Waals surface area contributed by atoms with Crippen molar-refractivity contribution in [3.63, 3.8) is 0 Å². The molecule has 13 heteroatoms. The molecule has 7 N–H and O–H groups in total. The Morgan fingerprint density at radius 3 is 2.59 bits per heavy atom. The predicted molar refractivity (Wildman–Crippen MR) is 136 cm³/mol. The number of aryl methyl sites for hydroxylation is 1. The molecule has 5 atom stereocenters. The van der Waals surface area contributed by atoms with Crippen molar-refractivity contribution in [3.8, 4) is 11.5 Å². The normalized spacial score (nSPS) is 25.3. The molecule has 1 fully saturated rings. The van der Waals surface area contributed by atoms with Crippen molar-refractivity contribution in [1.29, 1.82) is 0 Å². The third-order valence-electron chi connectivity index (χ3n) is 6.69. The van der Waals surface area contributed by atoms with Gasteiger partial charge in [0, 0.05) is 37.5 Å². The molecule has 0 aliphatic carbocycles. The number of benzene rings is 1. The first-order valence-electron chi connectivity index (χ1n) is 12.9. The molecule has 0 radical (unpaired) electrons. The molecule has 0 bridgehead atoms. The van der Waals surface area contributed by atoms with Crippen LogP contribution in [0.2, 0.25) is 0 Å². The molecule has 1 aliphatic rings. The fourth-order valence-electron chi connectivity index (χ4n) is 4.54. The van der Waals surface area contributed by atoms with E-state index in [-0.39, 0.29) is 37.6 Å². The number of hydrogen-bond donors (Lipinski definition) is 7. The van der Waals surface area contributed by atoms with Gasteiger partial charge in [0.1, 0.15) is 24.9 Å². The topological polar surface area (TPSA) is 201 Å². The highest BCUT2D eigenvalue weighted by atomic mass is 16.7. The number of carbonyl (C=O) groups excluding carboxylic acids is 1. The lowest BCUT2D eigenvalue weighted by molar-refractivity contribution is -0.325. The second kappa shape index (κ2) is 14.2. The number of fused-ring (bicyclic) bond motifs is 1. The summed E-state index contributed by atoms with van der Waals surface area (Å²) in [6, 6.07) is 3.43. The Morgan fingerprint density at radius 2 is 1.95 bits per heavy atom. The number of ether oxygens (including phenoxy) is 4. The molecule has 1 aromatic carbocycles. The summed E-state index contributed by atoms with van der Waals surface area (Å²) in [6.45, 7) is 0.809. The number of esters is 1. The molecule has 2 aromatic rings. The molecule has 1 aromatic heterocycles. The van der Waals surface area contributed by atoms with Crippen LogP contribution in [0.5, 0.6) is 11.5 Å². The number of nitrogens with one attached hydrogen (secondary N) is 1. The van der Waals surface area contributed by atoms with Crippen molar-refractivity contribution in [2.24, 2.45) is 5.92 Å². The lowest BCUT2D eigenvalue weighted by Crippen LogP contribution is -2.68. The smallest absolute Gasteiger partial charge is 0.306 e. The van der Waals surface area contributed by atoms with Crippen molar-refractivity contribution >= 4 is 16.9 Å². The van der Waals surface area contributed by atoms with Crippen LogP contribution >= 0.6 is 0 Å². The zero-order valence-corrected chi connectivity index (χ0v) is 22.1. The van der Waals surface area contributed by atoms with Crippen LogP contribution < -0.4 is 14.8 Å². The number of carbonyl (C=O) groups is 1. The average Bonchev–Trinajstić information content (AvgIpc) is 3.40. The van der Waals surface area contributed by atoms with E-state index in [4.69, 9.17) is 23.4 Å². The summed E-state index contributed by atoms with van der Waals surface area (Å²) in [4.78, 5) is 12.2. The minimum Gasteiger partial charge on any atom is -0.485 e. The largest absolute Gasteiger partial charge is 0.485 e. The first-order chi connectivity index (χ1) is 18.7. The van der Waals surface area contributed by atoms with E-state index in [1.165, 1.54) is 6.26 Å². The van der Waals surface area contributed by atoms with E-state index in [0.717, 1.165) is 0 Å². The zero-order chi connectivity index (χ0) is 28.6. The number of aliphatic hydroxyl groups is 6. The fraction of sp³-hybridized carbons (Fsp3) is 0.654. The Hall–Kier alpha value is -2.49. The van der Waals surface area contributed by atoms with E-state index in [2.05, 4.69) is 5.32 Å². The molecule has 1 saturated heterocycles. The maximum atomic E-state index is 12.2. The standard InChI is InChI=1S/C26H39NO12/c1-3-35-19(31)5-4-16-10-17-6-8-36-21(17)23(37-9-7-27-2)22(16)39-25-26(34,11-15(12-28)13-29)24(33)20(32)18(14-30)38-25/h6,8,10,15,18,20,24-25,27-30,32-34H,3-5,7,9,11-14H2,1-2H3/t18-,20-,24+,25-,26-/m1/s1. The van der Waals surface area contributed by atoms with Gasteiger partial charge < -0.3 is 59.3 Å². The van der Waals surface area contributed by atoms with Gasteiger partial charge in [-0.1, -0.05) is 0 Å². The van der Waals surface area contributed by atoms with Crippen LogP contribution in [0.1, 0.15) is 25.3 Å². The molecular weight excluding hydrogens is 518 g/mol. The number of rotatable bonds is 15. The molecule has 0 amide bonds. The summed E-state index contributed by atoms with van der Waals surface area (Å²) in [7, 11) is 1.75. The molecule has 13 nitrogen and oxygen atoms in total. The third-order valence-corrected chi connectivity index (χ3v) is 6.69. The van der Waals surface area contributed by atoms with Gasteiger partial charge in [0.25, 0.3) is 0 Å². The van der Waals surface area contributed by atoms with Gasteiger partial charge in [-0.05, 0) is 44.5 Å². The first kappa shape index (κ1) is 31.0. The van der Waals surface area contributed by atoms with E-state index < -0.39 is 68.3 Å². The molecule has 0 unspecified atom stereocenters. The Balaban J connectivity index is 2.10. The van der Waals surface area contributed by atoms with Gasteiger partial charge in [0.05, 0.1) is 19.5 Å². The van der Waals surface area contributed by atoms with E-state index in [9.17, 15) is 35.4 Å². The molecule has 1 aliphatic heterocycles. The summed E-state index contributed by atoms with van der Waals surface area (Å²) in [6.07, 6.45) is -5.41. The Labute approximate surface area is 225 Å². The zero-order valence-electron chi connectivity index (χ0n) is 22.1. The van der Waals surface area contributed by atoms with Crippen LogP contribution in [0.4, 0.5) is 0 Å². The number of furan rings is 1. The van der Waals surface area contributed by atoms with Gasteiger partial charge in [0.15, 0.2) is 16.9 Å². The summed E-state index contributed by atoms with van der Waals surface area (Å²) in [5, 5.41) is 65.7. The third kappa shape index (κ3) is 6.99. The summed E-state index contributed by atoms with van der Waals surface area (Å²) in [5.41, 5.74) is -1.53. The molecule has 2 heterocycles. The number of aliphatic hydroxyl groups excluding tert-OH is 5. The first-order valence-corrected chi connectivity index (χ1v) is 12.9. The maximum Gasteiger partial charge on any atom is 0.306 e. The number of hydrogen-bond acceptors (Lipinski definition) is 13. The average molecular weight is 558 g/mol. The van der Waals surface area contributed by atoms with Gasteiger partial charge in [-0.25, -0.2) is 0 Å². The molecule has 0 spiro atoms. The van der Waals surface area contributed by atoms with E-state index in [0.29, 0.717) is 23.1 Å². The van der Waals surface area contributed by atoms with Gasteiger partial charge in [-0.3, -0.25) is 4.79 Å². The van der Waals surface area contributed by atoms with Crippen LogP contribution in [0.3, 0.4) is 0 Å². The van der Waals surface area contributed by atoms with Crippen molar-refractivity contribution in [2.45, 2.75) is 56.4 Å². The quantitative estimate of drug-likeness (QED) is 0.105. The highest BCUT2D eigenvalue weighted by Gasteiger charge is 2.57. The Morgan fingerprint density at radius 1 is 1.21 bits per heavy atom. The van der Waals surface area contributed by atoms with Crippen LogP contribution in [0, 0.1) is 5.92 Å². The van der Waals surface area contributed by atoms with E-state index in [1.54, 1.807) is 26.1 Å². The minimum absolute atomic E-state index is 0.00297. The number of likely N-dealkylation sites (N-methyl/N-ethyl adjacent to an activating group) is 1. The molecule has 0 saturated carbocycles. The van der Waals surface area contributed by atoms with Gasteiger partial charge in [-0.2, -0.15) is 0 Å². The monoisotopic (exact) mass is 557 g/mol. The second-order valence-corrected chi connectivity index (χ2v) is 9.46. The highest BCUT2D eigenvalue weighted by molar-refractivity contribution is 5.87. The lowest BCUT2D eigenvalue weighted by atomic mass is 9.80. The summed E-state index contributed by atoms with van der Waals surface area (Å²) in [5.74, 6) is -1.13. The lowest BCUT2D eigenvalue weighted by Gasteiger charge is -2.48. The van der Waals surface area contributed by atoms with Crippen molar-refractivity contribution in [3.05, 3.63) is 24.0 Å². The van der Waals surface area contributed by atoms with Gasteiger partial charge >= 0.3 is 5.97 Å². The molecule has 39 heavy (non-hydrogen) atoms.